The van der Waals surface area contributed by atoms with Gasteiger partial charge in [-0.3, -0.25) is 0 Å². The Morgan fingerprint density at radius 2 is 2.00 bits per heavy atom. The van der Waals surface area contributed by atoms with Crippen LogP contribution in [0, 0.1) is 0 Å². The number of aromatic nitrogens is 1. The summed E-state index contributed by atoms with van der Waals surface area (Å²) in [5.74, 6) is 0. The zero-order valence-corrected chi connectivity index (χ0v) is 12.9. The van der Waals surface area contributed by atoms with Crippen molar-refractivity contribution >= 4 is 22.7 Å². The second-order valence-corrected chi connectivity index (χ2v) is 6.33. The van der Waals surface area contributed by atoms with Gasteiger partial charge < -0.3 is 10.3 Å². The van der Waals surface area contributed by atoms with E-state index in [0.29, 0.717) is 4.75 Å². The Balaban J connectivity index is 2.01. The van der Waals surface area contributed by atoms with E-state index >= 15 is 0 Å². The van der Waals surface area contributed by atoms with Crippen molar-refractivity contribution in [3.05, 3.63) is 36.0 Å². The van der Waals surface area contributed by atoms with Crippen LogP contribution in [0.5, 0.6) is 0 Å². The Labute approximate surface area is 120 Å². The van der Waals surface area contributed by atoms with Crippen molar-refractivity contribution in [3.8, 4) is 0 Å². The predicted molar refractivity (Wildman–Crippen MR) is 86.8 cm³/mol. The number of hydrogen-bond acceptors (Lipinski definition) is 2. The van der Waals surface area contributed by atoms with Crippen molar-refractivity contribution in [1.29, 1.82) is 0 Å². The van der Waals surface area contributed by atoms with Gasteiger partial charge in [-0.2, -0.15) is 11.8 Å². The van der Waals surface area contributed by atoms with Crippen molar-refractivity contribution in [3.63, 3.8) is 0 Å². The highest BCUT2D eigenvalue weighted by atomic mass is 32.2. The highest BCUT2D eigenvalue weighted by molar-refractivity contribution is 8.00. The lowest BCUT2D eigenvalue weighted by Gasteiger charge is -2.30. The Morgan fingerprint density at radius 1 is 1.21 bits per heavy atom. The number of aromatic amines is 1. The summed E-state index contributed by atoms with van der Waals surface area (Å²) >= 11 is 1.99. The van der Waals surface area contributed by atoms with Crippen LogP contribution in [0.15, 0.2) is 30.5 Å². The van der Waals surface area contributed by atoms with Crippen LogP contribution in [-0.2, 0) is 6.54 Å². The van der Waals surface area contributed by atoms with Crippen LogP contribution < -0.4 is 5.32 Å². The number of nitrogens with one attached hydrogen (secondary N) is 2. The van der Waals surface area contributed by atoms with Gasteiger partial charge in [0.15, 0.2) is 0 Å². The largest absolute Gasteiger partial charge is 0.361 e. The van der Waals surface area contributed by atoms with E-state index in [9.17, 15) is 0 Å². The van der Waals surface area contributed by atoms with E-state index < -0.39 is 0 Å². The van der Waals surface area contributed by atoms with E-state index in [1.54, 1.807) is 0 Å². The maximum Gasteiger partial charge on any atom is 0.0457 e. The normalized spacial score (nSPS) is 12.2. The fraction of sp³-hybridized carbons (Fsp3) is 0.500. The summed E-state index contributed by atoms with van der Waals surface area (Å²) < 4.78 is 0.381. The van der Waals surface area contributed by atoms with E-state index in [1.165, 1.54) is 29.3 Å². The van der Waals surface area contributed by atoms with Crippen molar-refractivity contribution in [2.24, 2.45) is 0 Å². The van der Waals surface area contributed by atoms with Crippen molar-refractivity contribution in [2.75, 3.05) is 12.8 Å². The van der Waals surface area contributed by atoms with E-state index in [-0.39, 0.29) is 0 Å². The standard InChI is InChI=1S/C16H24N2S/c1-4-16(5-2,19-3)12-17-11-13-7-6-8-15-14(13)9-10-18-15/h6-10,17-18H,4-5,11-12H2,1-3H3. The van der Waals surface area contributed by atoms with Crippen LogP contribution in [-0.4, -0.2) is 22.5 Å². The molecule has 0 fully saturated rings. The third-order valence-corrected chi connectivity index (χ3v) is 5.76. The molecule has 0 saturated carbocycles. The highest BCUT2D eigenvalue weighted by Gasteiger charge is 2.24. The zero-order chi connectivity index (χ0) is 13.7. The van der Waals surface area contributed by atoms with Gasteiger partial charge in [0.05, 0.1) is 0 Å². The van der Waals surface area contributed by atoms with Crippen LogP contribution >= 0.6 is 11.8 Å². The number of benzene rings is 1. The molecular weight excluding hydrogens is 252 g/mol. The topological polar surface area (TPSA) is 27.8 Å². The molecule has 1 aromatic heterocycles. The van der Waals surface area contributed by atoms with Crippen molar-refractivity contribution in [1.82, 2.24) is 10.3 Å². The Bertz CT molecular complexity index is 506. The van der Waals surface area contributed by atoms with Crippen LogP contribution in [0.4, 0.5) is 0 Å². The molecule has 104 valence electrons. The SMILES string of the molecule is CCC(CC)(CNCc1cccc2[nH]ccc12)SC. The fourth-order valence-electron chi connectivity index (χ4n) is 2.59. The lowest BCUT2D eigenvalue weighted by atomic mass is 10.0. The summed E-state index contributed by atoms with van der Waals surface area (Å²) in [5.41, 5.74) is 2.60. The third kappa shape index (κ3) is 3.15. The first-order chi connectivity index (χ1) is 9.24. The summed E-state index contributed by atoms with van der Waals surface area (Å²) in [6.45, 7) is 6.59. The number of fused-ring (bicyclic) bond motifs is 1. The molecule has 2 rings (SSSR count). The van der Waals surface area contributed by atoms with E-state index in [0.717, 1.165) is 13.1 Å². The number of H-pyrrole nitrogens is 1. The number of thioether (sulfide) groups is 1. The molecule has 2 aromatic rings. The van der Waals surface area contributed by atoms with Gasteiger partial charge in [0.25, 0.3) is 0 Å². The van der Waals surface area contributed by atoms with Gasteiger partial charge >= 0.3 is 0 Å². The highest BCUT2D eigenvalue weighted by Crippen LogP contribution is 2.29. The Kier molecular flexibility index (Phi) is 4.94. The Morgan fingerprint density at radius 3 is 2.68 bits per heavy atom. The molecule has 2 N–H and O–H groups in total. The molecule has 19 heavy (non-hydrogen) atoms. The predicted octanol–water partition coefficient (Wildman–Crippen LogP) is 4.18. The molecule has 0 aliphatic rings. The van der Waals surface area contributed by atoms with Gasteiger partial charge in [0.2, 0.25) is 0 Å². The maximum absolute atomic E-state index is 3.64. The monoisotopic (exact) mass is 276 g/mol. The number of rotatable bonds is 7. The first kappa shape index (κ1) is 14.5. The van der Waals surface area contributed by atoms with E-state index in [2.05, 4.69) is 54.7 Å². The zero-order valence-electron chi connectivity index (χ0n) is 12.1. The Hall–Kier alpha value is -0.930. The summed E-state index contributed by atoms with van der Waals surface area (Å²) in [5, 5.41) is 4.97. The second-order valence-electron chi connectivity index (χ2n) is 5.05. The fourth-order valence-corrected chi connectivity index (χ4v) is 3.41. The summed E-state index contributed by atoms with van der Waals surface area (Å²) in [4.78, 5) is 3.27. The van der Waals surface area contributed by atoms with Crippen LogP contribution in [0.25, 0.3) is 10.9 Å². The van der Waals surface area contributed by atoms with Gasteiger partial charge in [0, 0.05) is 34.9 Å². The van der Waals surface area contributed by atoms with Gasteiger partial charge in [-0.15, -0.1) is 0 Å². The van der Waals surface area contributed by atoms with Gasteiger partial charge in [-0.05, 0) is 36.8 Å². The minimum Gasteiger partial charge on any atom is -0.361 e. The summed E-state index contributed by atoms with van der Waals surface area (Å²) in [6, 6.07) is 8.62. The summed E-state index contributed by atoms with van der Waals surface area (Å²) in [6.07, 6.45) is 6.66. The van der Waals surface area contributed by atoms with Gasteiger partial charge in [-0.25, -0.2) is 0 Å². The smallest absolute Gasteiger partial charge is 0.0457 e. The van der Waals surface area contributed by atoms with Crippen molar-refractivity contribution < 1.29 is 0 Å². The average molecular weight is 276 g/mol. The van der Waals surface area contributed by atoms with E-state index in [1.807, 2.05) is 18.0 Å². The van der Waals surface area contributed by atoms with Gasteiger partial charge in [-0.1, -0.05) is 26.0 Å². The molecule has 3 heteroatoms. The molecule has 0 radical (unpaired) electrons. The third-order valence-electron chi connectivity index (χ3n) is 4.17. The molecule has 2 nitrogen and oxygen atoms in total. The van der Waals surface area contributed by atoms with Gasteiger partial charge in [0.1, 0.15) is 0 Å². The summed E-state index contributed by atoms with van der Waals surface area (Å²) in [7, 11) is 0. The first-order valence-corrected chi connectivity index (χ1v) is 8.28. The first-order valence-electron chi connectivity index (χ1n) is 7.05. The molecule has 0 aliphatic heterocycles. The maximum atomic E-state index is 3.64. The lowest BCUT2D eigenvalue weighted by Crippen LogP contribution is -2.36. The molecule has 0 saturated heterocycles. The molecule has 1 heterocycles. The van der Waals surface area contributed by atoms with Crippen molar-refractivity contribution in [2.45, 2.75) is 38.0 Å². The molecule has 0 bridgehead atoms. The minimum absolute atomic E-state index is 0.381. The molecule has 0 atom stereocenters. The van der Waals surface area contributed by atoms with E-state index in [4.69, 9.17) is 0 Å². The second kappa shape index (κ2) is 6.49. The molecular formula is C16H24N2S. The quantitative estimate of drug-likeness (QED) is 0.794. The number of hydrogen-bond donors (Lipinski definition) is 2. The average Bonchev–Trinajstić information content (AvgIpc) is 2.93. The molecule has 0 amide bonds. The van der Waals surface area contributed by atoms with Crippen LogP contribution in [0.1, 0.15) is 32.3 Å². The minimum atomic E-state index is 0.381. The van der Waals surface area contributed by atoms with Crippen LogP contribution in [0.2, 0.25) is 0 Å². The molecule has 0 aliphatic carbocycles. The molecule has 0 unspecified atom stereocenters. The van der Waals surface area contributed by atoms with Crippen LogP contribution in [0.3, 0.4) is 0 Å². The molecule has 1 aromatic carbocycles. The molecule has 0 spiro atoms. The lowest BCUT2D eigenvalue weighted by molar-refractivity contribution is 0.495.